The Kier molecular flexibility index (Phi) is 19.9. The molecule has 0 N–H and O–H groups in total. The molecule has 11 aromatic rings. The van der Waals surface area contributed by atoms with Gasteiger partial charge in [-0.25, -0.2) is 0 Å². The van der Waals surface area contributed by atoms with Crippen molar-refractivity contribution in [2.45, 2.75) is 262 Å². The first-order valence-electron chi connectivity index (χ1n) is 40.2. The Morgan fingerprint density at radius 3 is 0.500 bits per heavy atom. The monoisotopic (exact) mass is 1400 g/mol. The predicted octanol–water partition coefficient (Wildman–Crippen LogP) is 31.3. The van der Waals surface area contributed by atoms with Gasteiger partial charge in [0.25, 0.3) is 0 Å². The lowest BCUT2D eigenvalue weighted by Crippen LogP contribution is -2.16. The molecule has 0 nitrogen and oxygen atoms in total. The van der Waals surface area contributed by atoms with Crippen molar-refractivity contribution in [3.63, 3.8) is 0 Å². The number of rotatable bonds is 10. The van der Waals surface area contributed by atoms with Gasteiger partial charge in [0.2, 0.25) is 0 Å². The Labute approximate surface area is 645 Å². The summed E-state index contributed by atoms with van der Waals surface area (Å²) in [4.78, 5) is 0. The fourth-order valence-corrected chi connectivity index (χ4v) is 14.8. The van der Waals surface area contributed by atoms with Crippen LogP contribution in [0.1, 0.15) is 266 Å². The maximum Gasteiger partial charge on any atom is 0.0636 e. The summed E-state index contributed by atoms with van der Waals surface area (Å²) in [6.45, 7) is 69.7. The van der Waals surface area contributed by atoms with Gasteiger partial charge in [-0.3, -0.25) is 0 Å². The van der Waals surface area contributed by atoms with E-state index in [1.807, 2.05) is 0 Å². The van der Waals surface area contributed by atoms with Crippen LogP contribution in [-0.2, 0) is 54.1 Å². The van der Waals surface area contributed by atoms with Crippen LogP contribution in [0.3, 0.4) is 0 Å². The molecule has 0 saturated carbocycles. The van der Waals surface area contributed by atoms with Gasteiger partial charge in [-0.2, -0.15) is 0 Å². The third kappa shape index (κ3) is 17.0. The van der Waals surface area contributed by atoms with Gasteiger partial charge >= 0.3 is 0 Å². The van der Waals surface area contributed by atoms with Crippen molar-refractivity contribution >= 4 is 0 Å². The molecule has 0 radical (unpaired) electrons. The lowest BCUT2D eigenvalue weighted by Gasteiger charge is -2.28. The third-order valence-corrected chi connectivity index (χ3v) is 21.9. The van der Waals surface area contributed by atoms with Crippen LogP contribution in [0.4, 0.5) is 0 Å². The first-order chi connectivity index (χ1) is 49.7. The molecule has 0 spiro atoms. The third-order valence-electron chi connectivity index (χ3n) is 21.9. The van der Waals surface area contributed by atoms with Crippen LogP contribution >= 0.6 is 0 Å². The van der Waals surface area contributed by atoms with E-state index in [4.69, 9.17) is 0 Å². The molecule has 11 rings (SSSR count). The summed E-state index contributed by atoms with van der Waals surface area (Å²) in [6, 6.07) is 79.6. The van der Waals surface area contributed by atoms with Gasteiger partial charge in [0.15, 0.2) is 0 Å². The Bertz CT molecular complexity index is 4590. The molecule has 0 bridgehead atoms. The van der Waals surface area contributed by atoms with E-state index in [1.165, 1.54) is 55.6 Å². The van der Waals surface area contributed by atoms with Crippen LogP contribution in [0.2, 0.25) is 0 Å². The number of hydrogen-bond donors (Lipinski definition) is 0. The van der Waals surface area contributed by atoms with Gasteiger partial charge in [0.05, 0.1) is 2.74 Å². The normalized spacial score (nSPS) is 13.5. The molecule has 106 heavy (non-hydrogen) atoms. The van der Waals surface area contributed by atoms with E-state index in [0.29, 0.717) is 34.3 Å². The summed E-state index contributed by atoms with van der Waals surface area (Å²) in [5.41, 5.74) is 30.2. The second kappa shape index (κ2) is 27.9. The molecular weight excluding hydrogens is 1270 g/mol. The average molecular weight is 1400 g/mol. The summed E-state index contributed by atoms with van der Waals surface area (Å²) in [6.07, 6.45) is 0. The SMILES string of the molecule is [2H]c1c(-c2cc(-c3cc(C(C)(C)C)cc(C(C)(C)C)c3)cc(-c3cc(C(C)(C)C)cc(C(C)(C)C)c3)c2)c(-c2ccccc2-c2ccccc2C(C)(C)C)c([2H])c(-c2cc(-c3cc(C(C)(C)C)cc(C(C)(C)C)c3)cc(-c3cc(C(C)(C)C)cc(C(C)(C)C)c3)c2)c1-c1ccccc1-c1ccccc1C(C)(C)C. The summed E-state index contributed by atoms with van der Waals surface area (Å²) in [5, 5.41) is 0. The summed E-state index contributed by atoms with van der Waals surface area (Å²) in [5.74, 6) is 0. The lowest BCUT2D eigenvalue weighted by molar-refractivity contribution is 0.568. The van der Waals surface area contributed by atoms with Crippen LogP contribution in [0.15, 0.2) is 218 Å². The smallest absolute Gasteiger partial charge is 0.0619 e. The number of benzene rings is 11. The van der Waals surface area contributed by atoms with Crippen LogP contribution in [0.5, 0.6) is 0 Å². The Morgan fingerprint density at radius 2 is 0.311 bits per heavy atom. The topological polar surface area (TPSA) is 0 Å². The summed E-state index contributed by atoms with van der Waals surface area (Å²) >= 11 is 0. The van der Waals surface area contributed by atoms with Gasteiger partial charge in [-0.1, -0.05) is 378 Å². The molecule has 0 unspecified atom stereocenters. The Balaban J connectivity index is 1.45. The molecule has 0 aromatic heterocycles. The van der Waals surface area contributed by atoms with Gasteiger partial charge in [-0.15, -0.1) is 0 Å². The molecule has 0 aliphatic heterocycles. The molecule has 11 aromatic carbocycles. The van der Waals surface area contributed by atoms with Crippen LogP contribution in [0, 0.1) is 0 Å². The van der Waals surface area contributed by atoms with Crippen molar-refractivity contribution in [1.82, 2.24) is 0 Å². The second-order valence-electron chi connectivity index (χ2n) is 41.2. The van der Waals surface area contributed by atoms with Crippen molar-refractivity contribution in [1.29, 1.82) is 0 Å². The number of hydrogen-bond acceptors (Lipinski definition) is 0. The maximum absolute atomic E-state index is 12.2. The van der Waals surface area contributed by atoms with E-state index >= 15 is 0 Å². The van der Waals surface area contributed by atoms with Crippen LogP contribution in [-0.4, -0.2) is 0 Å². The standard InChI is InChI=1S/C106H126/c1-97(2,3)77-53-71(54-78(61-77)98(4,5)6)67-47-68(72-55-79(99(7,8)9)62-80(56-72)100(10,11)12)50-75(49-67)91-65-94(88-42-34-32-40-86(88)90-44-36-38-46-96(90)106(28,29)30)92(66-93(91)87-41-33-31-39-85(87)89-43-35-37-45-95(89)105(25,26)27)76-51-69(73-57-81(101(13,14)15)63-82(58-73)102(16,17)18)48-70(52-76)74-59-83(103(19,20)21)64-84(60-74)104(22,23)24/h31-66H,1-30H3/i65D,66D. The maximum atomic E-state index is 12.2. The largest absolute Gasteiger partial charge is 0.0636 e. The molecule has 0 heteroatoms. The van der Waals surface area contributed by atoms with Crippen molar-refractivity contribution in [3.8, 4) is 111 Å². The highest BCUT2D eigenvalue weighted by atomic mass is 14.4. The lowest BCUT2D eigenvalue weighted by atomic mass is 9.76. The molecule has 0 aliphatic carbocycles. The van der Waals surface area contributed by atoms with Gasteiger partial charge in [0.1, 0.15) is 0 Å². The quantitative estimate of drug-likeness (QED) is 0.128. The fourth-order valence-electron chi connectivity index (χ4n) is 14.8. The highest BCUT2D eigenvalue weighted by Gasteiger charge is 2.31. The van der Waals surface area contributed by atoms with Crippen LogP contribution in [0.25, 0.3) is 111 Å². The van der Waals surface area contributed by atoms with Crippen molar-refractivity contribution in [2.75, 3.05) is 0 Å². The Hall–Kier alpha value is -8.58. The molecule has 0 atom stereocenters. The molecule has 0 amide bonds. The van der Waals surface area contributed by atoms with Crippen molar-refractivity contribution in [3.05, 3.63) is 274 Å². The molecule has 0 fully saturated rings. The minimum Gasteiger partial charge on any atom is -0.0619 e. The summed E-state index contributed by atoms with van der Waals surface area (Å²) in [7, 11) is 0. The highest BCUT2D eigenvalue weighted by molar-refractivity contribution is 6.03. The van der Waals surface area contributed by atoms with E-state index in [2.05, 4.69) is 414 Å². The molecule has 0 saturated heterocycles. The zero-order chi connectivity index (χ0) is 79.5. The predicted molar refractivity (Wildman–Crippen MR) is 468 cm³/mol. The molecule has 0 aliphatic rings. The van der Waals surface area contributed by atoms with Gasteiger partial charge in [0, 0.05) is 0 Å². The van der Waals surface area contributed by atoms with E-state index in [1.54, 1.807) is 0 Å². The highest BCUT2D eigenvalue weighted by Crippen LogP contribution is 2.52. The minimum atomic E-state index is -0.242. The zero-order valence-corrected chi connectivity index (χ0v) is 70.6. The zero-order valence-electron chi connectivity index (χ0n) is 72.6. The van der Waals surface area contributed by atoms with Gasteiger partial charge in [-0.05, 0) is 270 Å². The van der Waals surface area contributed by atoms with E-state index in [-0.39, 0.29) is 54.1 Å². The average Bonchev–Trinajstić information content (AvgIpc) is 0.716. The van der Waals surface area contributed by atoms with E-state index < -0.39 is 0 Å². The van der Waals surface area contributed by atoms with Gasteiger partial charge < -0.3 is 0 Å². The minimum absolute atomic E-state index is 0.163. The Morgan fingerprint density at radius 1 is 0.151 bits per heavy atom. The van der Waals surface area contributed by atoms with E-state index in [9.17, 15) is 2.74 Å². The molecule has 0 heterocycles. The van der Waals surface area contributed by atoms with Crippen LogP contribution < -0.4 is 0 Å². The first kappa shape index (κ1) is 75.6. The summed E-state index contributed by atoms with van der Waals surface area (Å²) < 4.78 is 24.4. The molecule has 550 valence electrons. The second-order valence-corrected chi connectivity index (χ2v) is 41.2. The fraction of sp³-hybridized carbons (Fsp3) is 0.377. The van der Waals surface area contributed by atoms with E-state index in [0.717, 1.165) is 89.0 Å². The first-order valence-corrected chi connectivity index (χ1v) is 39.2. The van der Waals surface area contributed by atoms with Crippen molar-refractivity contribution in [2.24, 2.45) is 0 Å². The van der Waals surface area contributed by atoms with Crippen molar-refractivity contribution < 1.29 is 2.74 Å². The molecular formula is C106H126.